The molecule has 4 heterocycles. The lowest BCUT2D eigenvalue weighted by Gasteiger charge is -2.19. The van der Waals surface area contributed by atoms with Gasteiger partial charge in [-0.15, -0.1) is 16.4 Å². The highest BCUT2D eigenvalue weighted by atomic mass is 32.1. The monoisotopic (exact) mass is 394 g/mol. The zero-order valence-corrected chi connectivity index (χ0v) is 17.4. The van der Waals surface area contributed by atoms with Gasteiger partial charge in [0.25, 0.3) is 0 Å². The van der Waals surface area contributed by atoms with Crippen LogP contribution in [-0.4, -0.2) is 39.3 Å². The Bertz CT molecular complexity index is 1190. The molecule has 28 heavy (non-hydrogen) atoms. The minimum absolute atomic E-state index is 0.132. The highest BCUT2D eigenvalue weighted by molar-refractivity contribution is 7.19. The van der Waals surface area contributed by atoms with Crippen LogP contribution in [-0.2, 0) is 13.0 Å². The summed E-state index contributed by atoms with van der Waals surface area (Å²) in [6.45, 7) is 8.27. The number of ether oxygens (including phenoxy) is 1. The molecule has 7 heteroatoms. The average molecular weight is 395 g/mol. The predicted octanol–water partition coefficient (Wildman–Crippen LogP) is 2.67. The van der Waals surface area contributed by atoms with E-state index in [1.807, 2.05) is 60.9 Å². The molecule has 1 aliphatic heterocycles. The number of nitrogens with one attached hydrogen (secondary N) is 1. The third-order valence-corrected chi connectivity index (χ3v) is 6.33. The van der Waals surface area contributed by atoms with Gasteiger partial charge in [0.2, 0.25) is 0 Å². The second-order valence-corrected chi connectivity index (χ2v) is 8.93. The van der Waals surface area contributed by atoms with Crippen molar-refractivity contribution in [3.8, 4) is 17.1 Å². The average Bonchev–Trinajstić information content (AvgIpc) is 3.22. The van der Waals surface area contributed by atoms with E-state index < -0.39 is 0 Å². The van der Waals surface area contributed by atoms with E-state index in [4.69, 9.17) is 19.8 Å². The van der Waals surface area contributed by atoms with Crippen molar-refractivity contribution in [2.75, 3.05) is 13.6 Å². The molecule has 0 saturated heterocycles. The van der Waals surface area contributed by atoms with Gasteiger partial charge in [0, 0.05) is 12.0 Å². The number of likely N-dealkylation sites (N-methyl/N-ethyl adjacent to an activating group) is 1. The highest BCUT2D eigenvalue weighted by Gasteiger charge is 2.25. The predicted molar refractivity (Wildman–Crippen MR) is 111 cm³/mol. The number of quaternary nitrogens is 1. The quantitative estimate of drug-likeness (QED) is 0.580. The van der Waals surface area contributed by atoms with E-state index in [9.17, 15) is 0 Å². The van der Waals surface area contributed by atoms with Gasteiger partial charge in [-0.25, -0.2) is 9.97 Å². The van der Waals surface area contributed by atoms with Gasteiger partial charge in [-0.2, -0.15) is 4.52 Å². The summed E-state index contributed by atoms with van der Waals surface area (Å²) in [5, 5.41) is 5.97. The number of hydrogen-bond acceptors (Lipinski definition) is 5. The van der Waals surface area contributed by atoms with E-state index in [-0.39, 0.29) is 6.10 Å². The number of rotatable bonds is 3. The van der Waals surface area contributed by atoms with Crippen LogP contribution in [0.15, 0.2) is 24.3 Å². The maximum atomic E-state index is 5.84. The van der Waals surface area contributed by atoms with Crippen LogP contribution < -0.4 is 9.64 Å². The van der Waals surface area contributed by atoms with Gasteiger partial charge in [-0.05, 0) is 38.5 Å². The summed E-state index contributed by atoms with van der Waals surface area (Å²) in [7, 11) is 2.25. The molecule has 0 aliphatic carbocycles. The smallest absolute Gasteiger partial charge is 0.182 e. The van der Waals surface area contributed by atoms with E-state index in [1.54, 1.807) is 4.90 Å². The molecule has 1 aliphatic rings. The number of hydrogen-bond donors (Lipinski definition) is 1. The number of aromatic nitrogens is 4. The Morgan fingerprint density at radius 1 is 1.25 bits per heavy atom. The zero-order chi connectivity index (χ0) is 19.4. The van der Waals surface area contributed by atoms with Crippen LogP contribution in [0.25, 0.3) is 27.3 Å². The summed E-state index contributed by atoms with van der Waals surface area (Å²) in [6, 6.07) is 8.00. The molecule has 3 aromatic heterocycles. The van der Waals surface area contributed by atoms with Crippen molar-refractivity contribution in [3.05, 3.63) is 40.5 Å². The second-order valence-electron chi connectivity index (χ2n) is 7.84. The molecule has 144 valence electrons. The van der Waals surface area contributed by atoms with Crippen molar-refractivity contribution in [2.24, 2.45) is 0 Å². The summed E-state index contributed by atoms with van der Waals surface area (Å²) in [5.74, 6) is 2.42. The van der Waals surface area contributed by atoms with Gasteiger partial charge >= 0.3 is 0 Å². The summed E-state index contributed by atoms with van der Waals surface area (Å²) in [4.78, 5) is 13.9. The molecular weight excluding hydrogens is 370 g/mol. The minimum Gasteiger partial charge on any atom is -0.491 e. The molecule has 0 fully saturated rings. The van der Waals surface area contributed by atoms with Crippen LogP contribution in [0.5, 0.6) is 5.75 Å². The Hall–Kier alpha value is -2.51. The molecule has 4 aromatic rings. The lowest BCUT2D eigenvalue weighted by Crippen LogP contribution is -3.08. The normalized spacial score (nSPS) is 16.8. The third kappa shape index (κ3) is 2.86. The molecular formula is C21H24N5OS+. The van der Waals surface area contributed by atoms with Crippen LogP contribution >= 0.6 is 11.3 Å². The van der Waals surface area contributed by atoms with Gasteiger partial charge in [0.15, 0.2) is 11.5 Å². The van der Waals surface area contributed by atoms with Gasteiger partial charge in [-0.3, -0.25) is 0 Å². The topological polar surface area (TPSA) is 56.8 Å². The lowest BCUT2D eigenvalue weighted by atomic mass is 10.1. The van der Waals surface area contributed by atoms with Crippen molar-refractivity contribution < 1.29 is 9.64 Å². The first-order valence-electron chi connectivity index (χ1n) is 9.75. The number of benzene rings is 1. The first kappa shape index (κ1) is 17.6. The Kier molecular flexibility index (Phi) is 4.10. The van der Waals surface area contributed by atoms with Gasteiger partial charge in [0.1, 0.15) is 22.9 Å². The molecule has 1 unspecified atom stereocenters. The number of fused-ring (bicyclic) bond motifs is 5. The summed E-state index contributed by atoms with van der Waals surface area (Å²) in [6.07, 6.45) is 1.20. The largest absolute Gasteiger partial charge is 0.491 e. The molecule has 0 amide bonds. The number of thiophene rings is 1. The molecule has 0 spiro atoms. The maximum absolute atomic E-state index is 5.84. The van der Waals surface area contributed by atoms with Crippen molar-refractivity contribution in [3.63, 3.8) is 0 Å². The fraction of sp³-hybridized carbons (Fsp3) is 0.381. The Labute approximate surface area is 167 Å². The SMILES string of the molecule is Cc1nc2sc3c(c2c2nc(-c4cccc(OC(C)C)c4)nn12)CC[NH+](C)C3. The molecule has 0 saturated carbocycles. The fourth-order valence-corrected chi connectivity index (χ4v) is 5.29. The first-order valence-corrected chi connectivity index (χ1v) is 10.6. The van der Waals surface area contributed by atoms with Crippen LogP contribution in [0.2, 0.25) is 0 Å². The Morgan fingerprint density at radius 2 is 2.11 bits per heavy atom. The van der Waals surface area contributed by atoms with E-state index in [1.165, 1.54) is 15.8 Å². The molecule has 1 N–H and O–H groups in total. The first-order chi connectivity index (χ1) is 13.5. The highest BCUT2D eigenvalue weighted by Crippen LogP contribution is 2.35. The van der Waals surface area contributed by atoms with E-state index >= 15 is 0 Å². The zero-order valence-electron chi connectivity index (χ0n) is 16.6. The van der Waals surface area contributed by atoms with Crippen molar-refractivity contribution in [1.29, 1.82) is 0 Å². The van der Waals surface area contributed by atoms with Gasteiger partial charge < -0.3 is 9.64 Å². The van der Waals surface area contributed by atoms with Crippen LogP contribution in [0.4, 0.5) is 0 Å². The van der Waals surface area contributed by atoms with E-state index in [2.05, 4.69) is 7.05 Å². The molecule has 1 aromatic carbocycles. The second kappa shape index (κ2) is 6.53. The standard InChI is InChI=1S/C21H23N5OS/c1-12(2)27-15-7-5-6-14(10-15)19-23-20-18-16-8-9-25(4)11-17(16)28-21(18)22-13(3)26(20)24-19/h5-7,10,12H,8-9,11H2,1-4H3/p+1. The third-order valence-electron chi connectivity index (χ3n) is 5.20. The van der Waals surface area contributed by atoms with Crippen LogP contribution in [0, 0.1) is 6.92 Å². The molecule has 1 atom stereocenters. The van der Waals surface area contributed by atoms with Crippen LogP contribution in [0.1, 0.15) is 30.1 Å². The number of aryl methyl sites for hydroxylation is 1. The van der Waals surface area contributed by atoms with Crippen molar-refractivity contribution in [2.45, 2.75) is 39.8 Å². The summed E-state index contributed by atoms with van der Waals surface area (Å²) in [5.41, 5.74) is 3.30. The van der Waals surface area contributed by atoms with E-state index in [0.29, 0.717) is 5.82 Å². The minimum atomic E-state index is 0.132. The Balaban J connectivity index is 1.69. The lowest BCUT2D eigenvalue weighted by molar-refractivity contribution is -0.895. The summed E-state index contributed by atoms with van der Waals surface area (Å²) >= 11 is 1.81. The maximum Gasteiger partial charge on any atom is 0.182 e. The molecule has 0 bridgehead atoms. The van der Waals surface area contributed by atoms with Crippen molar-refractivity contribution in [1.82, 2.24) is 19.6 Å². The number of nitrogens with zero attached hydrogens (tertiary/aromatic N) is 4. The summed E-state index contributed by atoms with van der Waals surface area (Å²) < 4.78 is 7.74. The molecule has 0 radical (unpaired) electrons. The van der Waals surface area contributed by atoms with Crippen molar-refractivity contribution >= 4 is 27.2 Å². The Morgan fingerprint density at radius 3 is 2.93 bits per heavy atom. The van der Waals surface area contributed by atoms with Crippen LogP contribution in [0.3, 0.4) is 0 Å². The van der Waals surface area contributed by atoms with E-state index in [0.717, 1.165) is 47.1 Å². The molecule has 5 rings (SSSR count). The van der Waals surface area contributed by atoms with Gasteiger partial charge in [0.05, 0.1) is 30.0 Å². The van der Waals surface area contributed by atoms with Gasteiger partial charge in [-0.1, -0.05) is 12.1 Å². The molecule has 6 nitrogen and oxygen atoms in total. The fourth-order valence-electron chi connectivity index (χ4n) is 3.91.